The van der Waals surface area contributed by atoms with Crippen LogP contribution in [-0.4, -0.2) is 54.2 Å². The standard InChI is InChI=1S/C18H22N4OS/c1-3-21-6-8-22(9-7-21)16-5-4-14-10-15(11-23-17(14)20-16)18-19-13(2)12-24-18/h4-5,10,12H,3,6-9,11H2,1-2H3. The summed E-state index contributed by atoms with van der Waals surface area (Å²) in [5, 5.41) is 3.11. The maximum atomic E-state index is 5.92. The van der Waals surface area contributed by atoms with E-state index in [1.54, 1.807) is 11.3 Å². The van der Waals surface area contributed by atoms with Crippen molar-refractivity contribution in [3.63, 3.8) is 0 Å². The van der Waals surface area contributed by atoms with E-state index in [1.165, 1.54) is 0 Å². The van der Waals surface area contributed by atoms with Crippen LogP contribution < -0.4 is 9.64 Å². The van der Waals surface area contributed by atoms with Crippen molar-refractivity contribution in [3.05, 3.63) is 33.8 Å². The van der Waals surface area contributed by atoms with Crippen molar-refractivity contribution in [2.24, 2.45) is 0 Å². The summed E-state index contributed by atoms with van der Waals surface area (Å²) in [6, 6.07) is 4.22. The van der Waals surface area contributed by atoms with Gasteiger partial charge in [-0.1, -0.05) is 6.92 Å². The summed E-state index contributed by atoms with van der Waals surface area (Å²) in [7, 11) is 0. The lowest BCUT2D eigenvalue weighted by atomic mass is 10.1. The number of anilines is 1. The van der Waals surface area contributed by atoms with Crippen LogP contribution >= 0.6 is 11.3 Å². The molecule has 0 atom stereocenters. The maximum absolute atomic E-state index is 5.92. The van der Waals surface area contributed by atoms with Gasteiger partial charge in [0.05, 0.1) is 0 Å². The smallest absolute Gasteiger partial charge is 0.223 e. The molecule has 24 heavy (non-hydrogen) atoms. The maximum Gasteiger partial charge on any atom is 0.223 e. The molecule has 126 valence electrons. The van der Waals surface area contributed by atoms with Crippen molar-refractivity contribution < 1.29 is 4.74 Å². The number of thiazole rings is 1. The van der Waals surface area contributed by atoms with E-state index in [2.05, 4.69) is 45.3 Å². The first-order valence-corrected chi connectivity index (χ1v) is 9.35. The van der Waals surface area contributed by atoms with Crippen molar-refractivity contribution in [2.45, 2.75) is 13.8 Å². The molecule has 0 saturated carbocycles. The fourth-order valence-corrected chi connectivity index (χ4v) is 3.94. The van der Waals surface area contributed by atoms with Crippen LogP contribution in [0.5, 0.6) is 5.88 Å². The van der Waals surface area contributed by atoms with E-state index >= 15 is 0 Å². The van der Waals surface area contributed by atoms with E-state index in [0.29, 0.717) is 6.61 Å². The summed E-state index contributed by atoms with van der Waals surface area (Å²) in [6.45, 7) is 10.2. The number of piperazine rings is 1. The van der Waals surface area contributed by atoms with Gasteiger partial charge in [-0.2, -0.15) is 4.98 Å². The van der Waals surface area contributed by atoms with Crippen LogP contribution in [-0.2, 0) is 0 Å². The highest BCUT2D eigenvalue weighted by Crippen LogP contribution is 2.32. The summed E-state index contributed by atoms with van der Waals surface area (Å²) in [5.41, 5.74) is 3.23. The molecule has 0 spiro atoms. The van der Waals surface area contributed by atoms with Gasteiger partial charge in [-0.15, -0.1) is 11.3 Å². The second kappa shape index (κ2) is 6.53. The van der Waals surface area contributed by atoms with Crippen LogP contribution in [0.25, 0.3) is 11.6 Å². The van der Waals surface area contributed by atoms with Gasteiger partial charge in [0.1, 0.15) is 17.4 Å². The van der Waals surface area contributed by atoms with Gasteiger partial charge >= 0.3 is 0 Å². The Morgan fingerprint density at radius 3 is 2.71 bits per heavy atom. The first-order valence-electron chi connectivity index (χ1n) is 8.47. The SMILES string of the molecule is CCN1CCN(c2ccc3c(n2)OCC(c2nc(C)cs2)=C3)CC1. The molecule has 4 rings (SSSR count). The quantitative estimate of drug-likeness (QED) is 0.858. The summed E-state index contributed by atoms with van der Waals surface area (Å²) >= 11 is 1.67. The Labute approximate surface area is 146 Å². The van der Waals surface area contributed by atoms with E-state index in [4.69, 9.17) is 9.72 Å². The minimum Gasteiger partial charge on any atom is -0.472 e. The van der Waals surface area contributed by atoms with Gasteiger partial charge in [0.2, 0.25) is 5.88 Å². The number of nitrogens with zero attached hydrogens (tertiary/aromatic N) is 4. The largest absolute Gasteiger partial charge is 0.472 e. The third-order valence-electron chi connectivity index (χ3n) is 4.61. The average Bonchev–Trinajstić information content (AvgIpc) is 3.07. The number of fused-ring (bicyclic) bond motifs is 1. The molecule has 5 nitrogen and oxygen atoms in total. The molecule has 0 radical (unpaired) electrons. The highest BCUT2D eigenvalue weighted by molar-refractivity contribution is 7.10. The molecular weight excluding hydrogens is 320 g/mol. The van der Waals surface area contributed by atoms with Crippen molar-refractivity contribution >= 4 is 28.8 Å². The monoisotopic (exact) mass is 342 g/mol. The topological polar surface area (TPSA) is 41.5 Å². The molecule has 2 aliphatic heterocycles. The first kappa shape index (κ1) is 15.6. The van der Waals surface area contributed by atoms with E-state index in [1.807, 2.05) is 6.92 Å². The van der Waals surface area contributed by atoms with E-state index < -0.39 is 0 Å². The normalized spacial score (nSPS) is 18.1. The molecule has 1 fully saturated rings. The number of hydrogen-bond donors (Lipinski definition) is 0. The van der Waals surface area contributed by atoms with E-state index in [0.717, 1.165) is 66.3 Å². The third-order valence-corrected chi connectivity index (χ3v) is 5.64. The summed E-state index contributed by atoms with van der Waals surface area (Å²) in [5.74, 6) is 1.76. The highest BCUT2D eigenvalue weighted by atomic mass is 32.1. The van der Waals surface area contributed by atoms with Crippen molar-refractivity contribution in [3.8, 4) is 5.88 Å². The van der Waals surface area contributed by atoms with Crippen LogP contribution in [0, 0.1) is 6.92 Å². The Morgan fingerprint density at radius 2 is 2.00 bits per heavy atom. The molecule has 2 aliphatic rings. The molecule has 6 heteroatoms. The minimum atomic E-state index is 0.542. The molecule has 0 unspecified atom stereocenters. The van der Waals surface area contributed by atoms with Gasteiger partial charge in [0.25, 0.3) is 0 Å². The molecule has 0 bridgehead atoms. The Balaban J connectivity index is 1.54. The molecule has 0 aromatic carbocycles. The van der Waals surface area contributed by atoms with Gasteiger partial charge in [-0.25, -0.2) is 4.98 Å². The van der Waals surface area contributed by atoms with Gasteiger partial charge in [-0.3, -0.25) is 0 Å². The number of likely N-dealkylation sites (N-methyl/N-ethyl adjacent to an activating group) is 1. The highest BCUT2D eigenvalue weighted by Gasteiger charge is 2.20. The van der Waals surface area contributed by atoms with E-state index in [9.17, 15) is 0 Å². The predicted molar refractivity (Wildman–Crippen MR) is 98.8 cm³/mol. The van der Waals surface area contributed by atoms with Crippen molar-refractivity contribution in [1.29, 1.82) is 0 Å². The van der Waals surface area contributed by atoms with Gasteiger partial charge in [-0.05, 0) is 31.7 Å². The molecule has 2 aromatic rings. The van der Waals surface area contributed by atoms with Crippen LogP contribution in [0.4, 0.5) is 5.82 Å². The number of aryl methyl sites for hydroxylation is 1. The average molecular weight is 342 g/mol. The lowest BCUT2D eigenvalue weighted by Crippen LogP contribution is -2.46. The summed E-state index contributed by atoms with van der Waals surface area (Å²) < 4.78 is 5.92. The molecule has 2 aromatic heterocycles. The van der Waals surface area contributed by atoms with Crippen molar-refractivity contribution in [1.82, 2.24) is 14.9 Å². The number of aromatic nitrogens is 2. The van der Waals surface area contributed by atoms with Crippen LogP contribution in [0.2, 0.25) is 0 Å². The fourth-order valence-electron chi connectivity index (χ4n) is 3.14. The second-order valence-corrected chi connectivity index (χ2v) is 7.10. The summed E-state index contributed by atoms with van der Waals surface area (Å²) in [6.07, 6.45) is 2.16. The Morgan fingerprint density at radius 1 is 1.17 bits per heavy atom. The Bertz CT molecular complexity index is 762. The van der Waals surface area contributed by atoms with Gasteiger partial charge in [0, 0.05) is 48.4 Å². The zero-order valence-corrected chi connectivity index (χ0v) is 15.0. The first-order chi connectivity index (χ1) is 11.7. The van der Waals surface area contributed by atoms with E-state index in [-0.39, 0.29) is 0 Å². The molecule has 0 amide bonds. The third kappa shape index (κ3) is 3.03. The van der Waals surface area contributed by atoms with Crippen LogP contribution in [0.1, 0.15) is 23.2 Å². The number of ether oxygens (including phenoxy) is 1. The number of rotatable bonds is 3. The molecular formula is C18H22N4OS. The Kier molecular flexibility index (Phi) is 4.24. The van der Waals surface area contributed by atoms with Crippen LogP contribution in [0.15, 0.2) is 17.5 Å². The molecule has 4 heterocycles. The second-order valence-electron chi connectivity index (χ2n) is 6.24. The number of pyridine rings is 1. The molecule has 0 N–H and O–H groups in total. The lowest BCUT2D eigenvalue weighted by molar-refractivity contribution is 0.270. The molecule has 0 aliphatic carbocycles. The number of hydrogen-bond acceptors (Lipinski definition) is 6. The lowest BCUT2D eigenvalue weighted by Gasteiger charge is -2.35. The molecule has 1 saturated heterocycles. The summed E-state index contributed by atoms with van der Waals surface area (Å²) in [4.78, 5) is 14.1. The zero-order valence-electron chi connectivity index (χ0n) is 14.2. The predicted octanol–water partition coefficient (Wildman–Crippen LogP) is 2.92. The van der Waals surface area contributed by atoms with Crippen LogP contribution in [0.3, 0.4) is 0 Å². The zero-order chi connectivity index (χ0) is 16.5. The Hall–Kier alpha value is -1.92. The van der Waals surface area contributed by atoms with Crippen molar-refractivity contribution in [2.75, 3.05) is 44.2 Å². The minimum absolute atomic E-state index is 0.542. The fraction of sp³-hybridized carbons (Fsp3) is 0.444. The van der Waals surface area contributed by atoms with Gasteiger partial charge < -0.3 is 14.5 Å². The van der Waals surface area contributed by atoms with Gasteiger partial charge in [0.15, 0.2) is 0 Å².